The molecular weight excluding hydrogens is 347 g/mol. The molecule has 0 unspecified atom stereocenters. The molecule has 0 aliphatic carbocycles. The van der Waals surface area contributed by atoms with E-state index in [9.17, 15) is 9.18 Å². The van der Waals surface area contributed by atoms with Crippen molar-refractivity contribution in [1.82, 2.24) is 5.43 Å². The van der Waals surface area contributed by atoms with E-state index in [4.69, 9.17) is 11.6 Å². The van der Waals surface area contributed by atoms with Crippen LogP contribution in [0.1, 0.15) is 15.9 Å². The third-order valence-electron chi connectivity index (χ3n) is 2.45. The lowest BCUT2D eigenvalue weighted by Crippen LogP contribution is -2.17. The van der Waals surface area contributed by atoms with Crippen LogP contribution in [0.2, 0.25) is 5.02 Å². The first-order valence-electron chi connectivity index (χ1n) is 5.61. The Bertz CT molecular complexity index is 656. The molecule has 0 atom stereocenters. The Morgan fingerprint density at radius 3 is 2.75 bits per heavy atom. The highest BCUT2D eigenvalue weighted by molar-refractivity contribution is 9.10. The van der Waals surface area contributed by atoms with Crippen molar-refractivity contribution in [2.24, 2.45) is 5.10 Å². The number of halogens is 3. The maximum absolute atomic E-state index is 13.5. The molecule has 0 saturated carbocycles. The van der Waals surface area contributed by atoms with E-state index in [2.05, 4.69) is 26.5 Å². The monoisotopic (exact) mass is 354 g/mol. The Labute approximate surface area is 128 Å². The second kappa shape index (κ2) is 6.63. The van der Waals surface area contributed by atoms with Crippen LogP contribution in [-0.2, 0) is 0 Å². The first kappa shape index (κ1) is 14.7. The summed E-state index contributed by atoms with van der Waals surface area (Å²) in [6.07, 6.45) is 1.17. The summed E-state index contributed by atoms with van der Waals surface area (Å²) in [6, 6.07) is 11.1. The summed E-state index contributed by atoms with van der Waals surface area (Å²) < 4.78 is 14.2. The van der Waals surface area contributed by atoms with Crippen LogP contribution in [0.5, 0.6) is 0 Å². The van der Waals surface area contributed by atoms with Crippen molar-refractivity contribution in [2.45, 2.75) is 0 Å². The Morgan fingerprint density at radius 2 is 2.05 bits per heavy atom. The number of carbonyl (C=O) groups is 1. The molecule has 2 aromatic rings. The van der Waals surface area contributed by atoms with Gasteiger partial charge in [0.15, 0.2) is 0 Å². The smallest absolute Gasteiger partial charge is 0.267 e. The molecule has 20 heavy (non-hydrogen) atoms. The summed E-state index contributed by atoms with van der Waals surface area (Å²) >= 11 is 9.10. The van der Waals surface area contributed by atoms with Crippen LogP contribution in [0, 0.1) is 5.82 Å². The fourth-order valence-electron chi connectivity index (χ4n) is 1.48. The minimum Gasteiger partial charge on any atom is -0.267 e. The standard InChI is InChI=1S/C14H9BrClFN2O/c15-10-4-1-3-9(7-10)14(20)19-18-8-11-12(16)5-2-6-13(11)17/h1-8H,(H,19,20). The summed E-state index contributed by atoms with van der Waals surface area (Å²) in [5.74, 6) is -0.895. The number of hydrazone groups is 1. The van der Waals surface area contributed by atoms with Crippen molar-refractivity contribution in [2.75, 3.05) is 0 Å². The van der Waals surface area contributed by atoms with E-state index in [1.807, 2.05) is 0 Å². The van der Waals surface area contributed by atoms with Crippen LogP contribution in [0.4, 0.5) is 4.39 Å². The van der Waals surface area contributed by atoms with Crippen molar-refractivity contribution >= 4 is 39.7 Å². The topological polar surface area (TPSA) is 41.5 Å². The lowest BCUT2D eigenvalue weighted by Gasteiger charge is -2.01. The van der Waals surface area contributed by atoms with Crippen LogP contribution in [0.25, 0.3) is 0 Å². The maximum Gasteiger partial charge on any atom is 0.271 e. The van der Waals surface area contributed by atoms with Crippen molar-refractivity contribution in [1.29, 1.82) is 0 Å². The van der Waals surface area contributed by atoms with Gasteiger partial charge in [-0.05, 0) is 30.3 Å². The lowest BCUT2D eigenvalue weighted by molar-refractivity contribution is 0.0955. The molecule has 102 valence electrons. The molecule has 2 aromatic carbocycles. The predicted octanol–water partition coefficient (Wildman–Crippen LogP) is 4.01. The summed E-state index contributed by atoms with van der Waals surface area (Å²) in [4.78, 5) is 11.8. The summed E-state index contributed by atoms with van der Waals surface area (Å²) in [5, 5.41) is 3.93. The Hall–Kier alpha value is -1.72. The fraction of sp³-hybridized carbons (Fsp3) is 0. The zero-order valence-electron chi connectivity index (χ0n) is 10.1. The number of hydrogen-bond acceptors (Lipinski definition) is 2. The van der Waals surface area contributed by atoms with Crippen molar-refractivity contribution in [3.63, 3.8) is 0 Å². The van der Waals surface area contributed by atoms with Gasteiger partial charge in [-0.3, -0.25) is 4.79 Å². The second-order valence-corrected chi connectivity index (χ2v) is 5.17. The van der Waals surface area contributed by atoms with Gasteiger partial charge in [0.05, 0.1) is 11.2 Å². The first-order chi connectivity index (χ1) is 9.58. The molecule has 3 nitrogen and oxygen atoms in total. The number of carbonyl (C=O) groups excluding carboxylic acids is 1. The second-order valence-electron chi connectivity index (χ2n) is 3.84. The molecule has 1 N–H and O–H groups in total. The number of nitrogens with zero attached hydrogens (tertiary/aromatic N) is 1. The van der Waals surface area contributed by atoms with Crippen LogP contribution in [0.3, 0.4) is 0 Å². The van der Waals surface area contributed by atoms with Gasteiger partial charge in [-0.2, -0.15) is 5.10 Å². The molecule has 0 aliphatic heterocycles. The molecule has 0 aliphatic rings. The molecule has 2 rings (SSSR count). The summed E-state index contributed by atoms with van der Waals surface area (Å²) in [7, 11) is 0. The van der Waals surface area contributed by atoms with Crippen LogP contribution >= 0.6 is 27.5 Å². The Morgan fingerprint density at radius 1 is 1.30 bits per heavy atom. The molecule has 0 saturated heterocycles. The van der Waals surface area contributed by atoms with Crippen LogP contribution in [0.15, 0.2) is 52.0 Å². The van der Waals surface area contributed by atoms with E-state index in [0.29, 0.717) is 5.56 Å². The number of hydrogen-bond donors (Lipinski definition) is 1. The zero-order chi connectivity index (χ0) is 14.5. The maximum atomic E-state index is 13.5. The van der Waals surface area contributed by atoms with Crippen molar-refractivity contribution < 1.29 is 9.18 Å². The third-order valence-corrected chi connectivity index (χ3v) is 3.27. The minimum absolute atomic E-state index is 0.128. The number of rotatable bonds is 3. The van der Waals surface area contributed by atoms with Gasteiger partial charge in [0.25, 0.3) is 5.91 Å². The molecule has 1 amide bonds. The average molecular weight is 356 g/mol. The number of amides is 1. The first-order valence-corrected chi connectivity index (χ1v) is 6.78. The van der Waals surface area contributed by atoms with E-state index < -0.39 is 11.7 Å². The molecular formula is C14H9BrClFN2O. The highest BCUT2D eigenvalue weighted by Crippen LogP contribution is 2.16. The van der Waals surface area contributed by atoms with Gasteiger partial charge in [0.2, 0.25) is 0 Å². The van der Waals surface area contributed by atoms with Crippen LogP contribution in [-0.4, -0.2) is 12.1 Å². The average Bonchev–Trinajstić information content (AvgIpc) is 2.42. The van der Waals surface area contributed by atoms with Crippen molar-refractivity contribution in [3.05, 3.63) is 68.9 Å². The van der Waals surface area contributed by atoms with Gasteiger partial charge < -0.3 is 0 Å². The van der Waals surface area contributed by atoms with E-state index in [1.54, 1.807) is 30.3 Å². The number of benzene rings is 2. The molecule has 0 aromatic heterocycles. The Balaban J connectivity index is 2.09. The summed E-state index contributed by atoms with van der Waals surface area (Å²) in [5.41, 5.74) is 2.88. The van der Waals surface area contributed by atoms with E-state index in [1.165, 1.54) is 18.3 Å². The fourth-order valence-corrected chi connectivity index (χ4v) is 2.09. The molecule has 6 heteroatoms. The van der Waals surface area contributed by atoms with Gasteiger partial charge in [-0.25, -0.2) is 9.82 Å². The minimum atomic E-state index is -0.502. The predicted molar refractivity (Wildman–Crippen MR) is 80.6 cm³/mol. The van der Waals surface area contributed by atoms with Gasteiger partial charge in [0.1, 0.15) is 5.82 Å². The van der Waals surface area contributed by atoms with E-state index >= 15 is 0 Å². The summed E-state index contributed by atoms with van der Waals surface area (Å²) in [6.45, 7) is 0. The largest absolute Gasteiger partial charge is 0.271 e. The quantitative estimate of drug-likeness (QED) is 0.656. The highest BCUT2D eigenvalue weighted by atomic mass is 79.9. The van der Waals surface area contributed by atoms with E-state index in [-0.39, 0.29) is 10.6 Å². The van der Waals surface area contributed by atoms with Gasteiger partial charge in [-0.1, -0.05) is 39.7 Å². The third kappa shape index (κ3) is 3.65. The molecule has 0 spiro atoms. The van der Waals surface area contributed by atoms with Gasteiger partial charge in [-0.15, -0.1) is 0 Å². The van der Waals surface area contributed by atoms with Gasteiger partial charge >= 0.3 is 0 Å². The number of nitrogens with one attached hydrogen (secondary N) is 1. The lowest BCUT2D eigenvalue weighted by atomic mass is 10.2. The van der Waals surface area contributed by atoms with Gasteiger partial charge in [0, 0.05) is 15.6 Å². The van der Waals surface area contributed by atoms with E-state index in [0.717, 1.165) is 4.47 Å². The molecule has 0 bridgehead atoms. The normalized spacial score (nSPS) is 10.8. The molecule has 0 radical (unpaired) electrons. The SMILES string of the molecule is O=C(NN=Cc1c(F)cccc1Cl)c1cccc(Br)c1. The zero-order valence-corrected chi connectivity index (χ0v) is 12.5. The molecule has 0 heterocycles. The Kier molecular flexibility index (Phi) is 4.87. The highest BCUT2D eigenvalue weighted by Gasteiger charge is 2.06. The molecule has 0 fully saturated rings. The van der Waals surface area contributed by atoms with Crippen molar-refractivity contribution in [3.8, 4) is 0 Å². The van der Waals surface area contributed by atoms with Crippen LogP contribution < -0.4 is 5.43 Å².